The number of hydrogen-bond acceptors (Lipinski definition) is 2. The van der Waals surface area contributed by atoms with Crippen LogP contribution in [0.2, 0.25) is 0 Å². The number of nitrogens with one attached hydrogen (secondary N) is 1. The number of piperidine rings is 1. The molecule has 0 saturated carbocycles. The minimum absolute atomic E-state index is 0.0234. The summed E-state index contributed by atoms with van der Waals surface area (Å²) in [5.74, 6) is 0.0472. The van der Waals surface area contributed by atoms with Crippen molar-refractivity contribution in [3.05, 3.63) is 29.3 Å². The molecule has 2 rings (SSSR count). The van der Waals surface area contributed by atoms with Crippen LogP contribution in [-0.4, -0.2) is 29.7 Å². The molecule has 1 aliphatic heterocycles. The minimum Gasteiger partial charge on any atom is -0.356 e. The van der Waals surface area contributed by atoms with Gasteiger partial charge in [0, 0.05) is 19.0 Å². The SMILES string of the molecule is CCc1cccc(CC)c1N(C(=O)CBr)C1CCNC(=O)C1. The Morgan fingerprint density at radius 2 is 1.95 bits per heavy atom. The number of benzene rings is 1. The van der Waals surface area contributed by atoms with Gasteiger partial charge in [-0.1, -0.05) is 48.0 Å². The highest BCUT2D eigenvalue weighted by molar-refractivity contribution is 9.09. The van der Waals surface area contributed by atoms with Crippen molar-refractivity contribution in [2.24, 2.45) is 0 Å². The Morgan fingerprint density at radius 1 is 1.32 bits per heavy atom. The van der Waals surface area contributed by atoms with Gasteiger partial charge in [0.15, 0.2) is 0 Å². The quantitative estimate of drug-likeness (QED) is 0.814. The molecule has 22 heavy (non-hydrogen) atoms. The van der Waals surface area contributed by atoms with Crippen molar-refractivity contribution < 1.29 is 9.59 Å². The second-order valence-corrected chi connectivity index (χ2v) is 6.09. The molecule has 1 fully saturated rings. The largest absolute Gasteiger partial charge is 0.356 e. The summed E-state index contributed by atoms with van der Waals surface area (Å²) >= 11 is 3.30. The second-order valence-electron chi connectivity index (χ2n) is 5.53. The summed E-state index contributed by atoms with van der Waals surface area (Å²) in [7, 11) is 0. The fourth-order valence-corrected chi connectivity index (χ4v) is 3.36. The average molecular weight is 367 g/mol. The second kappa shape index (κ2) is 7.77. The Kier molecular flexibility index (Phi) is 6.00. The van der Waals surface area contributed by atoms with Crippen molar-refractivity contribution in [1.29, 1.82) is 0 Å². The van der Waals surface area contributed by atoms with E-state index in [1.54, 1.807) is 0 Å². The van der Waals surface area contributed by atoms with Gasteiger partial charge in [-0.3, -0.25) is 9.59 Å². The first-order valence-electron chi connectivity index (χ1n) is 7.87. The van der Waals surface area contributed by atoms with Crippen molar-refractivity contribution in [1.82, 2.24) is 5.32 Å². The topological polar surface area (TPSA) is 49.4 Å². The molecule has 1 saturated heterocycles. The van der Waals surface area contributed by atoms with Crippen molar-refractivity contribution in [2.45, 2.75) is 45.6 Å². The molecule has 1 N–H and O–H groups in total. The molecule has 0 aromatic heterocycles. The third-order valence-corrected chi connectivity index (χ3v) is 4.65. The smallest absolute Gasteiger partial charge is 0.237 e. The molecule has 1 aromatic rings. The number of halogens is 1. The summed E-state index contributed by atoms with van der Waals surface area (Å²) in [6.45, 7) is 4.83. The molecule has 0 spiro atoms. The molecule has 4 nitrogen and oxygen atoms in total. The maximum absolute atomic E-state index is 12.6. The molecule has 1 unspecified atom stereocenters. The first kappa shape index (κ1) is 17.0. The Bertz CT molecular complexity index is 537. The van der Waals surface area contributed by atoms with Gasteiger partial charge in [0.1, 0.15) is 0 Å². The number of rotatable bonds is 5. The summed E-state index contributed by atoms with van der Waals surface area (Å²) in [5.41, 5.74) is 3.34. The predicted molar refractivity (Wildman–Crippen MR) is 92.5 cm³/mol. The highest BCUT2D eigenvalue weighted by Gasteiger charge is 2.31. The molecule has 1 aromatic carbocycles. The molecule has 2 amide bonds. The lowest BCUT2D eigenvalue weighted by atomic mass is 9.97. The predicted octanol–water partition coefficient (Wildman–Crippen LogP) is 2.82. The van der Waals surface area contributed by atoms with E-state index in [-0.39, 0.29) is 23.2 Å². The standard InChI is InChI=1S/C17H23BrN2O2/c1-3-12-6-5-7-13(4-2)17(12)20(16(22)11-18)14-8-9-19-15(21)10-14/h5-7,14H,3-4,8-11H2,1-2H3,(H,19,21). The monoisotopic (exact) mass is 366 g/mol. The van der Waals surface area contributed by atoms with E-state index in [2.05, 4.69) is 47.2 Å². The maximum atomic E-state index is 12.6. The zero-order chi connectivity index (χ0) is 16.1. The van der Waals surface area contributed by atoms with E-state index in [0.29, 0.717) is 13.0 Å². The van der Waals surface area contributed by atoms with Crippen LogP contribution in [0.4, 0.5) is 5.69 Å². The third-order valence-electron chi connectivity index (χ3n) is 4.17. The number of anilines is 1. The number of hydrogen-bond donors (Lipinski definition) is 1. The Hall–Kier alpha value is -1.36. The van der Waals surface area contributed by atoms with Gasteiger partial charge in [-0.2, -0.15) is 0 Å². The number of aryl methyl sites for hydroxylation is 2. The van der Waals surface area contributed by atoms with Crippen LogP contribution in [0, 0.1) is 0 Å². The highest BCUT2D eigenvalue weighted by atomic mass is 79.9. The van der Waals surface area contributed by atoms with Crippen LogP contribution in [0.25, 0.3) is 0 Å². The molecule has 1 atom stereocenters. The summed E-state index contributed by atoms with van der Waals surface area (Å²) in [6, 6.07) is 6.14. The number of carbonyl (C=O) groups excluding carboxylic acids is 2. The first-order valence-corrected chi connectivity index (χ1v) is 8.99. The van der Waals surface area contributed by atoms with Crippen molar-refractivity contribution in [2.75, 3.05) is 16.8 Å². The average Bonchev–Trinajstić information content (AvgIpc) is 2.55. The molecular formula is C17H23BrN2O2. The number of carbonyl (C=O) groups is 2. The van der Waals surface area contributed by atoms with Gasteiger partial charge >= 0.3 is 0 Å². The van der Waals surface area contributed by atoms with Crippen LogP contribution in [0.3, 0.4) is 0 Å². The van der Waals surface area contributed by atoms with Gasteiger partial charge < -0.3 is 10.2 Å². The Morgan fingerprint density at radius 3 is 2.45 bits per heavy atom. The Balaban J connectivity index is 2.50. The lowest BCUT2D eigenvalue weighted by Crippen LogP contribution is -2.49. The summed E-state index contributed by atoms with van der Waals surface area (Å²) in [6.07, 6.45) is 2.91. The molecule has 120 valence electrons. The number of alkyl halides is 1. The van der Waals surface area contributed by atoms with Crippen molar-refractivity contribution in [3.63, 3.8) is 0 Å². The van der Waals surface area contributed by atoms with Gasteiger partial charge in [-0.05, 0) is 30.4 Å². The molecule has 0 bridgehead atoms. The van der Waals surface area contributed by atoms with Crippen LogP contribution in [0.1, 0.15) is 37.8 Å². The van der Waals surface area contributed by atoms with Crippen molar-refractivity contribution in [3.8, 4) is 0 Å². The summed E-state index contributed by atoms with van der Waals surface area (Å²) < 4.78 is 0. The van der Waals surface area contributed by atoms with Gasteiger partial charge in [0.2, 0.25) is 11.8 Å². The van der Waals surface area contributed by atoms with Gasteiger partial charge in [0.25, 0.3) is 0 Å². The van der Waals surface area contributed by atoms with E-state index >= 15 is 0 Å². The maximum Gasteiger partial charge on any atom is 0.237 e. The molecule has 1 heterocycles. The Labute approximate surface area is 140 Å². The van der Waals surface area contributed by atoms with Crippen LogP contribution in [0.15, 0.2) is 18.2 Å². The van der Waals surface area contributed by atoms with Gasteiger partial charge in [-0.25, -0.2) is 0 Å². The van der Waals surface area contributed by atoms with E-state index in [1.807, 2.05) is 11.0 Å². The van der Waals surface area contributed by atoms with Crippen molar-refractivity contribution >= 4 is 33.4 Å². The molecular weight excluding hydrogens is 344 g/mol. The lowest BCUT2D eigenvalue weighted by molar-refractivity contribution is -0.123. The van der Waals surface area contributed by atoms with Gasteiger partial charge in [-0.15, -0.1) is 0 Å². The van der Waals surface area contributed by atoms with Crippen LogP contribution >= 0.6 is 15.9 Å². The normalized spacial score (nSPS) is 18.0. The molecule has 5 heteroatoms. The van der Waals surface area contributed by atoms with Crippen LogP contribution in [0.5, 0.6) is 0 Å². The zero-order valence-corrected chi connectivity index (χ0v) is 14.8. The fourth-order valence-electron chi connectivity index (χ4n) is 3.09. The minimum atomic E-state index is -0.0585. The fraction of sp³-hybridized carbons (Fsp3) is 0.529. The summed E-state index contributed by atoms with van der Waals surface area (Å²) in [4.78, 5) is 26.2. The van der Waals surface area contributed by atoms with E-state index in [4.69, 9.17) is 0 Å². The molecule has 1 aliphatic rings. The number of nitrogens with zero attached hydrogens (tertiary/aromatic N) is 1. The van der Waals surface area contributed by atoms with E-state index in [1.165, 1.54) is 11.1 Å². The lowest BCUT2D eigenvalue weighted by Gasteiger charge is -2.36. The van der Waals surface area contributed by atoms with Gasteiger partial charge in [0.05, 0.1) is 11.0 Å². The van der Waals surface area contributed by atoms with Crippen LogP contribution in [-0.2, 0) is 22.4 Å². The summed E-state index contributed by atoms with van der Waals surface area (Å²) in [5, 5.41) is 3.11. The number of para-hydroxylation sites is 1. The molecule has 0 aliphatic carbocycles. The first-order chi connectivity index (χ1) is 10.6. The van der Waals surface area contributed by atoms with E-state index in [0.717, 1.165) is 24.9 Å². The zero-order valence-electron chi connectivity index (χ0n) is 13.2. The van der Waals surface area contributed by atoms with Crippen LogP contribution < -0.4 is 10.2 Å². The highest BCUT2D eigenvalue weighted by Crippen LogP contribution is 2.31. The third kappa shape index (κ3) is 3.51. The van der Waals surface area contributed by atoms with E-state index < -0.39 is 0 Å². The van der Waals surface area contributed by atoms with E-state index in [9.17, 15) is 9.59 Å². The molecule has 0 radical (unpaired) electrons. The number of amides is 2.